The lowest BCUT2D eigenvalue weighted by atomic mass is 9.88. The predicted octanol–water partition coefficient (Wildman–Crippen LogP) is 4.72. The second-order valence-electron chi connectivity index (χ2n) is 8.96. The molecule has 5 heterocycles. The van der Waals surface area contributed by atoms with E-state index in [-0.39, 0.29) is 10.8 Å². The van der Waals surface area contributed by atoms with Crippen molar-refractivity contribution in [3.63, 3.8) is 0 Å². The van der Waals surface area contributed by atoms with Crippen molar-refractivity contribution >= 4 is 39.3 Å². The highest BCUT2D eigenvalue weighted by atomic mass is 35.5. The summed E-state index contributed by atoms with van der Waals surface area (Å²) in [5.74, 6) is 1.25. The first-order chi connectivity index (χ1) is 17.4. The van der Waals surface area contributed by atoms with Gasteiger partial charge in [0.1, 0.15) is 15.4 Å². The third-order valence-electron chi connectivity index (χ3n) is 6.83. The summed E-state index contributed by atoms with van der Waals surface area (Å²) in [6.45, 7) is 1.36. The highest BCUT2D eigenvalue weighted by Crippen LogP contribution is 2.47. The molecule has 2 atom stereocenters. The number of aryl methyl sites for hydroxylation is 1. The maximum absolute atomic E-state index is 11.3. The molecule has 186 valence electrons. The van der Waals surface area contributed by atoms with Gasteiger partial charge in [0.2, 0.25) is 0 Å². The van der Waals surface area contributed by atoms with Gasteiger partial charge < -0.3 is 24.3 Å². The van der Waals surface area contributed by atoms with Gasteiger partial charge in [-0.3, -0.25) is 9.88 Å². The average Bonchev–Trinajstić information content (AvgIpc) is 3.58. The quantitative estimate of drug-likeness (QED) is 0.384. The molecule has 1 aromatic carbocycles. The van der Waals surface area contributed by atoms with Gasteiger partial charge in [-0.1, -0.05) is 23.7 Å². The van der Waals surface area contributed by atoms with Crippen LogP contribution in [0.5, 0.6) is 11.5 Å². The number of aliphatic hydroxyl groups excluding tert-OH is 1. The number of rotatable bonds is 5. The number of carboxylic acid groups (broad SMARTS) is 1. The number of para-hydroxylation sites is 1. The van der Waals surface area contributed by atoms with Crippen LogP contribution in [0.15, 0.2) is 42.6 Å². The standard InChI is InChI=1S/C25H23ClN4O5S/c1-29-17-11-19(24(32)33)36-22(17)28-21(29)23(31)30-9-7-13(8-10-30)15-3-2-4-18-20(15)35-25(34-18)16-6-5-14(26)12-27-16/h2-6,11-13,23,25,31H,7-10H2,1H3,(H,32,33). The second kappa shape index (κ2) is 9.04. The summed E-state index contributed by atoms with van der Waals surface area (Å²) in [5.41, 5.74) is 2.46. The van der Waals surface area contributed by atoms with Gasteiger partial charge in [0.25, 0.3) is 6.29 Å². The normalized spacial score (nSPS) is 19.1. The SMILES string of the molecule is Cn1c(C(O)N2CCC(c3cccc4c3OC(c3ccc(Cl)cn3)O4)CC2)nc2sc(C(=O)O)cc21. The number of ether oxygens (including phenoxy) is 2. The Morgan fingerprint density at radius 2 is 2.03 bits per heavy atom. The number of carboxylic acids is 1. The van der Waals surface area contributed by atoms with Crippen molar-refractivity contribution in [2.24, 2.45) is 7.05 Å². The molecule has 1 saturated heterocycles. The summed E-state index contributed by atoms with van der Waals surface area (Å²) in [7, 11) is 1.80. The number of piperidine rings is 1. The summed E-state index contributed by atoms with van der Waals surface area (Å²) < 4.78 is 14.0. The third kappa shape index (κ3) is 4.00. The summed E-state index contributed by atoms with van der Waals surface area (Å²) in [6.07, 6.45) is 1.76. The lowest BCUT2D eigenvalue weighted by Crippen LogP contribution is -2.37. The molecule has 4 aromatic rings. The van der Waals surface area contributed by atoms with Gasteiger partial charge in [-0.15, -0.1) is 11.3 Å². The van der Waals surface area contributed by atoms with Gasteiger partial charge in [0.15, 0.2) is 23.6 Å². The Morgan fingerprint density at radius 1 is 1.22 bits per heavy atom. The number of likely N-dealkylation sites (tertiary alicyclic amines) is 1. The molecule has 3 aromatic heterocycles. The number of aliphatic hydroxyl groups is 1. The van der Waals surface area contributed by atoms with Crippen LogP contribution in [0.25, 0.3) is 10.3 Å². The molecule has 11 heteroatoms. The zero-order chi connectivity index (χ0) is 25.0. The Labute approximate surface area is 215 Å². The molecule has 2 N–H and O–H groups in total. The zero-order valence-corrected chi connectivity index (χ0v) is 20.9. The fourth-order valence-corrected chi connectivity index (χ4v) is 5.93. The minimum atomic E-state index is -0.973. The van der Waals surface area contributed by atoms with Crippen molar-refractivity contribution in [2.75, 3.05) is 13.1 Å². The maximum atomic E-state index is 11.3. The van der Waals surface area contributed by atoms with Crippen LogP contribution in [0, 0.1) is 0 Å². The van der Waals surface area contributed by atoms with Crippen LogP contribution in [0.2, 0.25) is 5.02 Å². The number of fused-ring (bicyclic) bond motifs is 2. The molecule has 0 spiro atoms. The van der Waals surface area contributed by atoms with Crippen molar-refractivity contribution < 1.29 is 24.5 Å². The topological polar surface area (TPSA) is 110 Å². The minimum absolute atomic E-state index is 0.237. The maximum Gasteiger partial charge on any atom is 0.346 e. The molecule has 2 unspecified atom stereocenters. The van der Waals surface area contributed by atoms with Crippen molar-refractivity contribution in [3.8, 4) is 11.5 Å². The number of aromatic carboxylic acids is 1. The summed E-state index contributed by atoms with van der Waals surface area (Å²) in [4.78, 5) is 23.0. The lowest BCUT2D eigenvalue weighted by Gasteiger charge is -2.35. The highest BCUT2D eigenvalue weighted by molar-refractivity contribution is 7.20. The largest absolute Gasteiger partial charge is 0.477 e. The van der Waals surface area contributed by atoms with Gasteiger partial charge in [-0.05, 0) is 43.0 Å². The summed E-state index contributed by atoms with van der Waals surface area (Å²) in [5, 5.41) is 20.9. The van der Waals surface area contributed by atoms with Crippen LogP contribution >= 0.6 is 22.9 Å². The van der Waals surface area contributed by atoms with E-state index >= 15 is 0 Å². The zero-order valence-electron chi connectivity index (χ0n) is 19.3. The minimum Gasteiger partial charge on any atom is -0.477 e. The molecule has 2 aliphatic heterocycles. The van der Waals surface area contributed by atoms with Crippen LogP contribution in [0.1, 0.15) is 58.0 Å². The fourth-order valence-electron chi connectivity index (χ4n) is 4.92. The second-order valence-corrected chi connectivity index (χ2v) is 10.4. The van der Waals surface area contributed by atoms with E-state index in [0.717, 1.165) is 35.5 Å². The number of carbonyl (C=O) groups is 1. The molecule has 1 fully saturated rings. The molecule has 0 bridgehead atoms. The molecule has 6 rings (SSSR count). The van der Waals surface area contributed by atoms with Crippen molar-refractivity contribution in [1.82, 2.24) is 19.4 Å². The van der Waals surface area contributed by atoms with Gasteiger partial charge in [0, 0.05) is 31.9 Å². The van der Waals surface area contributed by atoms with Crippen molar-refractivity contribution in [2.45, 2.75) is 31.3 Å². The van der Waals surface area contributed by atoms with Crippen molar-refractivity contribution in [1.29, 1.82) is 0 Å². The monoisotopic (exact) mass is 526 g/mol. The number of hydrogen-bond donors (Lipinski definition) is 2. The molecule has 0 amide bonds. The molecule has 9 nitrogen and oxygen atoms in total. The lowest BCUT2D eigenvalue weighted by molar-refractivity contribution is -0.0209. The Kier molecular flexibility index (Phi) is 5.83. The first-order valence-electron chi connectivity index (χ1n) is 11.6. The van der Waals surface area contributed by atoms with E-state index in [0.29, 0.717) is 45.7 Å². The van der Waals surface area contributed by atoms with E-state index in [4.69, 9.17) is 21.1 Å². The molecule has 0 saturated carbocycles. The Balaban J connectivity index is 1.15. The Hall–Kier alpha value is -3.18. The number of nitrogens with zero attached hydrogens (tertiary/aromatic N) is 4. The number of hydrogen-bond acceptors (Lipinski definition) is 8. The predicted molar refractivity (Wildman–Crippen MR) is 134 cm³/mol. The molecular formula is C25H23ClN4O5S. The summed E-state index contributed by atoms with van der Waals surface area (Å²) in [6, 6.07) is 11.1. The van der Waals surface area contributed by atoms with Crippen LogP contribution < -0.4 is 9.47 Å². The van der Waals surface area contributed by atoms with E-state index in [1.165, 1.54) is 0 Å². The van der Waals surface area contributed by atoms with Gasteiger partial charge in [-0.2, -0.15) is 0 Å². The fraction of sp³-hybridized carbons (Fsp3) is 0.320. The molecule has 2 aliphatic rings. The number of halogens is 1. The number of pyridine rings is 1. The number of imidazole rings is 1. The molecule has 36 heavy (non-hydrogen) atoms. The first kappa shape index (κ1) is 23.2. The van der Waals surface area contributed by atoms with Crippen molar-refractivity contribution in [3.05, 3.63) is 69.6 Å². The molecule has 0 aliphatic carbocycles. The number of thiophene rings is 1. The smallest absolute Gasteiger partial charge is 0.346 e. The van der Waals surface area contributed by atoms with Crippen LogP contribution in [-0.4, -0.2) is 48.7 Å². The molecular weight excluding hydrogens is 504 g/mol. The van der Waals surface area contributed by atoms with E-state index in [1.54, 1.807) is 36.0 Å². The Morgan fingerprint density at radius 3 is 2.72 bits per heavy atom. The number of benzene rings is 1. The first-order valence-corrected chi connectivity index (χ1v) is 12.8. The Bertz CT molecular complexity index is 1440. The van der Waals surface area contributed by atoms with E-state index in [2.05, 4.69) is 16.0 Å². The highest BCUT2D eigenvalue weighted by Gasteiger charge is 2.34. The average molecular weight is 527 g/mol. The third-order valence-corrected chi connectivity index (χ3v) is 8.06. The summed E-state index contributed by atoms with van der Waals surface area (Å²) >= 11 is 7.07. The van der Waals surface area contributed by atoms with Gasteiger partial charge in [0.05, 0.1) is 10.5 Å². The van der Waals surface area contributed by atoms with E-state index < -0.39 is 18.5 Å². The van der Waals surface area contributed by atoms with E-state index in [9.17, 15) is 15.0 Å². The van der Waals surface area contributed by atoms with Crippen LogP contribution in [-0.2, 0) is 7.05 Å². The molecule has 0 radical (unpaired) electrons. The van der Waals surface area contributed by atoms with Gasteiger partial charge >= 0.3 is 5.97 Å². The van der Waals surface area contributed by atoms with E-state index in [1.807, 2.05) is 17.0 Å². The number of aromatic nitrogens is 3. The van der Waals surface area contributed by atoms with Crippen LogP contribution in [0.3, 0.4) is 0 Å². The van der Waals surface area contributed by atoms with Gasteiger partial charge in [-0.25, -0.2) is 9.78 Å². The van der Waals surface area contributed by atoms with Crippen LogP contribution in [0.4, 0.5) is 0 Å².